The molecule has 0 aliphatic heterocycles. The minimum absolute atomic E-state index is 0.194. The summed E-state index contributed by atoms with van der Waals surface area (Å²) in [4.78, 5) is 15.4. The molecule has 5 nitrogen and oxygen atoms in total. The Labute approximate surface area is 111 Å². The average molecular weight is 269 g/mol. The molecule has 1 aromatic heterocycles. The smallest absolute Gasteiger partial charge is 0.306 e. The summed E-state index contributed by atoms with van der Waals surface area (Å²) < 4.78 is 4.26. The number of nitrogens with one attached hydrogen (secondary N) is 1. The van der Waals surface area contributed by atoms with Gasteiger partial charge in [-0.2, -0.15) is 4.37 Å². The molecule has 2 N–H and O–H groups in total. The van der Waals surface area contributed by atoms with Crippen molar-refractivity contribution in [1.82, 2.24) is 9.36 Å². The maximum Gasteiger partial charge on any atom is 0.306 e. The Morgan fingerprint density at radius 2 is 2.39 bits per heavy atom. The number of hydrogen-bond donors (Lipinski definition) is 2. The maximum atomic E-state index is 11.1. The number of carboxylic acids is 1. The van der Waals surface area contributed by atoms with Gasteiger partial charge in [-0.3, -0.25) is 4.79 Å². The number of carboxylic acid groups (broad SMARTS) is 1. The van der Waals surface area contributed by atoms with Crippen LogP contribution in [-0.4, -0.2) is 27.0 Å². The number of nitrogens with zero attached hydrogens (tertiary/aromatic N) is 2. The van der Waals surface area contributed by atoms with E-state index in [4.69, 9.17) is 5.11 Å². The summed E-state index contributed by atoms with van der Waals surface area (Å²) in [6, 6.07) is 0. The van der Waals surface area contributed by atoms with Gasteiger partial charge in [-0.15, -0.1) is 0 Å². The van der Waals surface area contributed by atoms with Gasteiger partial charge in [-0.05, 0) is 25.2 Å². The van der Waals surface area contributed by atoms with Crippen molar-refractivity contribution in [3.63, 3.8) is 0 Å². The molecule has 0 amide bonds. The van der Waals surface area contributed by atoms with Gasteiger partial charge >= 0.3 is 5.97 Å². The lowest BCUT2D eigenvalue weighted by atomic mass is 9.96. The number of hydrogen-bond acceptors (Lipinski definition) is 5. The van der Waals surface area contributed by atoms with Gasteiger partial charge in [0, 0.05) is 24.5 Å². The minimum Gasteiger partial charge on any atom is -0.481 e. The molecule has 6 heteroatoms. The van der Waals surface area contributed by atoms with Crippen molar-refractivity contribution in [2.45, 2.75) is 39.0 Å². The van der Waals surface area contributed by atoms with Crippen LogP contribution < -0.4 is 5.32 Å². The van der Waals surface area contributed by atoms with Crippen molar-refractivity contribution in [2.24, 2.45) is 11.8 Å². The maximum absolute atomic E-state index is 11.1. The SMILES string of the molecule is CCCc1nsc(NCC2CCCC2C(=O)O)n1. The Morgan fingerprint density at radius 1 is 1.56 bits per heavy atom. The van der Waals surface area contributed by atoms with Crippen molar-refractivity contribution >= 4 is 22.6 Å². The molecule has 2 unspecified atom stereocenters. The summed E-state index contributed by atoms with van der Waals surface area (Å²) in [6.45, 7) is 2.79. The number of anilines is 1. The molecule has 0 aromatic carbocycles. The largest absolute Gasteiger partial charge is 0.481 e. The Bertz CT molecular complexity index is 408. The number of aryl methyl sites for hydroxylation is 1. The van der Waals surface area contributed by atoms with E-state index >= 15 is 0 Å². The van der Waals surface area contributed by atoms with Crippen LogP contribution in [0.4, 0.5) is 5.13 Å². The lowest BCUT2D eigenvalue weighted by Crippen LogP contribution is -2.24. The summed E-state index contributed by atoms with van der Waals surface area (Å²) in [5.74, 6) is 0.246. The molecular formula is C12H19N3O2S. The predicted octanol–water partition coefficient (Wildman–Crippen LogP) is 2.40. The van der Waals surface area contributed by atoms with Crippen LogP contribution in [0.3, 0.4) is 0 Å². The third-order valence-electron chi connectivity index (χ3n) is 3.43. The fourth-order valence-electron chi connectivity index (χ4n) is 2.48. The fourth-order valence-corrected chi connectivity index (χ4v) is 3.09. The van der Waals surface area contributed by atoms with Gasteiger partial charge in [-0.1, -0.05) is 13.3 Å². The second kappa shape index (κ2) is 6.13. The van der Waals surface area contributed by atoms with Gasteiger partial charge < -0.3 is 10.4 Å². The minimum atomic E-state index is -0.664. The van der Waals surface area contributed by atoms with Crippen LogP contribution in [0.5, 0.6) is 0 Å². The van der Waals surface area contributed by atoms with Gasteiger partial charge in [0.1, 0.15) is 5.82 Å². The number of rotatable bonds is 6. The Kier molecular flexibility index (Phi) is 4.52. The molecule has 2 rings (SSSR count). The molecule has 1 aliphatic rings. The lowest BCUT2D eigenvalue weighted by Gasteiger charge is -2.15. The predicted molar refractivity (Wildman–Crippen MR) is 70.9 cm³/mol. The van der Waals surface area contributed by atoms with E-state index in [2.05, 4.69) is 21.6 Å². The number of aromatic nitrogens is 2. The average Bonchev–Trinajstić information content (AvgIpc) is 2.95. The van der Waals surface area contributed by atoms with E-state index < -0.39 is 5.97 Å². The first kappa shape index (κ1) is 13.3. The zero-order chi connectivity index (χ0) is 13.0. The second-order valence-corrected chi connectivity index (χ2v) is 5.53. The third-order valence-corrected chi connectivity index (χ3v) is 4.14. The standard InChI is InChI=1S/C12H19N3O2S/c1-2-4-10-14-12(18-15-10)13-7-8-5-3-6-9(8)11(16)17/h8-9H,2-7H2,1H3,(H,16,17)(H,13,14,15). The van der Waals surface area contributed by atoms with E-state index in [1.807, 2.05) is 0 Å². The summed E-state index contributed by atoms with van der Waals surface area (Å²) in [7, 11) is 0. The monoisotopic (exact) mass is 269 g/mol. The van der Waals surface area contributed by atoms with Gasteiger partial charge in [0.2, 0.25) is 5.13 Å². The molecule has 0 spiro atoms. The van der Waals surface area contributed by atoms with Crippen LogP contribution >= 0.6 is 11.5 Å². The van der Waals surface area contributed by atoms with Crippen LogP contribution in [-0.2, 0) is 11.2 Å². The summed E-state index contributed by atoms with van der Waals surface area (Å²) >= 11 is 1.36. The van der Waals surface area contributed by atoms with Gasteiger partial charge in [0.25, 0.3) is 0 Å². The van der Waals surface area contributed by atoms with Crippen molar-refractivity contribution < 1.29 is 9.90 Å². The van der Waals surface area contributed by atoms with Crippen molar-refractivity contribution in [2.75, 3.05) is 11.9 Å². The Balaban J connectivity index is 1.84. The van der Waals surface area contributed by atoms with Gasteiger partial charge in [0.15, 0.2) is 0 Å². The number of aliphatic carboxylic acids is 1. The quantitative estimate of drug-likeness (QED) is 0.829. The summed E-state index contributed by atoms with van der Waals surface area (Å²) in [6.07, 6.45) is 4.75. The summed E-state index contributed by atoms with van der Waals surface area (Å²) in [5.41, 5.74) is 0. The molecule has 0 bridgehead atoms. The molecular weight excluding hydrogens is 250 g/mol. The molecule has 0 radical (unpaired) electrons. The molecule has 1 saturated carbocycles. The zero-order valence-corrected chi connectivity index (χ0v) is 11.4. The van der Waals surface area contributed by atoms with Gasteiger partial charge in [-0.25, -0.2) is 4.98 Å². The van der Waals surface area contributed by atoms with Crippen molar-refractivity contribution in [3.8, 4) is 0 Å². The highest BCUT2D eigenvalue weighted by Gasteiger charge is 2.32. The van der Waals surface area contributed by atoms with Gasteiger partial charge in [0.05, 0.1) is 5.92 Å². The van der Waals surface area contributed by atoms with Crippen LogP contribution in [0.1, 0.15) is 38.4 Å². The van der Waals surface area contributed by atoms with Crippen molar-refractivity contribution in [3.05, 3.63) is 5.82 Å². The first-order valence-corrected chi connectivity index (χ1v) is 7.27. The first-order chi connectivity index (χ1) is 8.70. The number of carbonyl (C=O) groups is 1. The van der Waals surface area contributed by atoms with Crippen LogP contribution in [0, 0.1) is 11.8 Å². The van der Waals surface area contributed by atoms with E-state index in [0.29, 0.717) is 6.54 Å². The topological polar surface area (TPSA) is 75.1 Å². The van der Waals surface area contributed by atoms with Crippen LogP contribution in [0.25, 0.3) is 0 Å². The fraction of sp³-hybridized carbons (Fsp3) is 0.750. The normalized spacial score (nSPS) is 23.2. The van der Waals surface area contributed by atoms with Crippen LogP contribution in [0.15, 0.2) is 0 Å². The second-order valence-electron chi connectivity index (χ2n) is 4.78. The molecule has 1 heterocycles. The molecule has 1 aromatic rings. The van der Waals surface area contributed by atoms with E-state index in [1.54, 1.807) is 0 Å². The van der Waals surface area contributed by atoms with Crippen LogP contribution in [0.2, 0.25) is 0 Å². The van der Waals surface area contributed by atoms with E-state index in [1.165, 1.54) is 11.5 Å². The Morgan fingerprint density at radius 3 is 3.11 bits per heavy atom. The zero-order valence-electron chi connectivity index (χ0n) is 10.6. The van der Waals surface area contributed by atoms with E-state index in [0.717, 1.165) is 43.1 Å². The van der Waals surface area contributed by atoms with E-state index in [-0.39, 0.29) is 11.8 Å². The lowest BCUT2D eigenvalue weighted by molar-refractivity contribution is -0.142. The summed E-state index contributed by atoms with van der Waals surface area (Å²) in [5, 5.41) is 13.1. The highest BCUT2D eigenvalue weighted by atomic mass is 32.1. The highest BCUT2D eigenvalue weighted by molar-refractivity contribution is 7.09. The van der Waals surface area contributed by atoms with E-state index in [9.17, 15) is 4.79 Å². The molecule has 1 aliphatic carbocycles. The molecule has 2 atom stereocenters. The van der Waals surface area contributed by atoms with Crippen molar-refractivity contribution in [1.29, 1.82) is 0 Å². The first-order valence-electron chi connectivity index (χ1n) is 6.50. The molecule has 1 fully saturated rings. The Hall–Kier alpha value is -1.17. The molecule has 100 valence electrons. The highest BCUT2D eigenvalue weighted by Crippen LogP contribution is 2.32. The third kappa shape index (κ3) is 3.19. The molecule has 0 saturated heterocycles. The molecule has 18 heavy (non-hydrogen) atoms.